The second kappa shape index (κ2) is 4.99. The van der Waals surface area contributed by atoms with E-state index in [1.54, 1.807) is 6.07 Å². The molecule has 7 heteroatoms. The molecule has 1 aromatic carbocycles. The summed E-state index contributed by atoms with van der Waals surface area (Å²) in [6, 6.07) is 5.97. The van der Waals surface area contributed by atoms with Crippen LogP contribution in [-0.2, 0) is 0 Å². The lowest BCUT2D eigenvalue weighted by atomic mass is 10.1. The van der Waals surface area contributed by atoms with Crippen LogP contribution < -0.4 is 10.6 Å². The molecule has 0 saturated heterocycles. The number of pyridine rings is 1. The summed E-state index contributed by atoms with van der Waals surface area (Å²) in [5.74, 6) is -1.37. The topological polar surface area (TPSA) is 88.2 Å². The molecule has 3 amide bonds. The molecule has 0 spiro atoms. The monoisotopic (exact) mass is 301 g/mol. The summed E-state index contributed by atoms with van der Waals surface area (Å²) in [5, 5.41) is 5.07. The minimum atomic E-state index is -0.481. The van der Waals surface area contributed by atoms with Crippen molar-refractivity contribution < 1.29 is 14.4 Å². The highest BCUT2D eigenvalue weighted by atomic mass is 35.5. The van der Waals surface area contributed by atoms with Crippen LogP contribution in [0.2, 0.25) is 5.02 Å². The molecule has 0 atom stereocenters. The molecule has 2 aromatic rings. The standard InChI is InChI=1S/C14H8ClN3O3/c15-11-3-4-16-6-10(11)14(21)17-7-1-2-8-9(5-7)13(20)18-12(8)19/h1-6H,(H,17,21)(H,18,19,20). The Labute approximate surface area is 124 Å². The van der Waals surface area contributed by atoms with E-state index in [1.165, 1.54) is 30.6 Å². The smallest absolute Gasteiger partial charge is 0.259 e. The van der Waals surface area contributed by atoms with Crippen LogP contribution in [0.5, 0.6) is 0 Å². The minimum Gasteiger partial charge on any atom is -0.322 e. The van der Waals surface area contributed by atoms with Gasteiger partial charge >= 0.3 is 0 Å². The molecule has 0 aliphatic carbocycles. The zero-order valence-corrected chi connectivity index (χ0v) is 11.3. The van der Waals surface area contributed by atoms with Gasteiger partial charge in [-0.1, -0.05) is 11.6 Å². The predicted molar refractivity (Wildman–Crippen MR) is 75.4 cm³/mol. The van der Waals surface area contributed by atoms with Crippen molar-refractivity contribution in [2.45, 2.75) is 0 Å². The molecule has 0 bridgehead atoms. The molecule has 0 saturated carbocycles. The van der Waals surface area contributed by atoms with E-state index < -0.39 is 17.7 Å². The Morgan fingerprint density at radius 3 is 2.67 bits per heavy atom. The Bertz CT molecular complexity index is 789. The normalized spacial score (nSPS) is 12.8. The molecule has 1 aliphatic rings. The number of benzene rings is 1. The molecule has 1 aromatic heterocycles. The molecule has 104 valence electrons. The number of carbonyl (C=O) groups excluding carboxylic acids is 3. The number of fused-ring (bicyclic) bond motifs is 1. The lowest BCUT2D eigenvalue weighted by molar-refractivity contribution is 0.0878. The van der Waals surface area contributed by atoms with E-state index >= 15 is 0 Å². The number of halogens is 1. The van der Waals surface area contributed by atoms with Gasteiger partial charge in [0.1, 0.15) is 0 Å². The second-order valence-electron chi connectivity index (χ2n) is 4.35. The van der Waals surface area contributed by atoms with Crippen LogP contribution in [-0.4, -0.2) is 22.7 Å². The fourth-order valence-corrected chi connectivity index (χ4v) is 2.18. The Morgan fingerprint density at radius 1 is 1.14 bits per heavy atom. The summed E-state index contributed by atoms with van der Waals surface area (Å²) in [7, 11) is 0. The van der Waals surface area contributed by atoms with E-state index in [1.807, 2.05) is 0 Å². The number of imide groups is 1. The maximum absolute atomic E-state index is 12.1. The van der Waals surface area contributed by atoms with Gasteiger partial charge in [0.25, 0.3) is 17.7 Å². The Balaban J connectivity index is 1.88. The van der Waals surface area contributed by atoms with Crippen LogP contribution in [0.25, 0.3) is 0 Å². The van der Waals surface area contributed by atoms with Crippen molar-refractivity contribution in [1.29, 1.82) is 0 Å². The summed E-state index contributed by atoms with van der Waals surface area (Å²) in [4.78, 5) is 38.9. The molecule has 2 N–H and O–H groups in total. The number of amides is 3. The SMILES string of the molecule is O=C(Nc1ccc2c(c1)C(=O)NC2=O)c1cnccc1Cl. The van der Waals surface area contributed by atoms with Gasteiger partial charge in [-0.2, -0.15) is 0 Å². The van der Waals surface area contributed by atoms with Crippen LogP contribution in [0, 0.1) is 0 Å². The number of aromatic nitrogens is 1. The number of anilines is 1. The summed E-state index contributed by atoms with van der Waals surface area (Å²) < 4.78 is 0. The van der Waals surface area contributed by atoms with Crippen molar-refractivity contribution in [2.75, 3.05) is 5.32 Å². The number of hydrogen-bond acceptors (Lipinski definition) is 4. The first-order chi connectivity index (χ1) is 10.1. The second-order valence-corrected chi connectivity index (χ2v) is 4.76. The van der Waals surface area contributed by atoms with E-state index in [0.717, 1.165) is 0 Å². The molecule has 3 rings (SSSR count). The number of nitrogens with zero attached hydrogens (tertiary/aromatic N) is 1. The molecule has 1 aliphatic heterocycles. The summed E-state index contributed by atoms with van der Waals surface area (Å²) in [5.41, 5.74) is 1.14. The minimum absolute atomic E-state index is 0.222. The van der Waals surface area contributed by atoms with Gasteiger partial charge in [0.05, 0.1) is 21.7 Å². The molecular formula is C14H8ClN3O3. The van der Waals surface area contributed by atoms with Crippen molar-refractivity contribution >= 4 is 35.0 Å². The molecule has 21 heavy (non-hydrogen) atoms. The Hall–Kier alpha value is -2.73. The highest BCUT2D eigenvalue weighted by Gasteiger charge is 2.26. The fraction of sp³-hybridized carbons (Fsp3) is 0. The Kier molecular flexibility index (Phi) is 3.15. The van der Waals surface area contributed by atoms with Gasteiger partial charge in [0.2, 0.25) is 0 Å². The van der Waals surface area contributed by atoms with Crippen molar-refractivity contribution in [3.63, 3.8) is 0 Å². The molecule has 6 nitrogen and oxygen atoms in total. The van der Waals surface area contributed by atoms with E-state index in [9.17, 15) is 14.4 Å². The van der Waals surface area contributed by atoms with Gasteiger partial charge in [-0.05, 0) is 24.3 Å². The average Bonchev–Trinajstić information content (AvgIpc) is 2.74. The van der Waals surface area contributed by atoms with Gasteiger partial charge in [-0.3, -0.25) is 24.7 Å². The first-order valence-corrected chi connectivity index (χ1v) is 6.34. The van der Waals surface area contributed by atoms with Gasteiger partial charge in [-0.15, -0.1) is 0 Å². The lowest BCUT2D eigenvalue weighted by Gasteiger charge is -2.07. The molecular weight excluding hydrogens is 294 g/mol. The van der Waals surface area contributed by atoms with Gasteiger partial charge in [-0.25, -0.2) is 0 Å². The molecule has 0 unspecified atom stereocenters. The zero-order valence-electron chi connectivity index (χ0n) is 10.5. The number of rotatable bonds is 2. The van der Waals surface area contributed by atoms with Gasteiger partial charge < -0.3 is 5.32 Å². The van der Waals surface area contributed by atoms with Crippen LogP contribution in [0.3, 0.4) is 0 Å². The third-order valence-electron chi connectivity index (χ3n) is 3.01. The van der Waals surface area contributed by atoms with E-state index in [-0.39, 0.29) is 21.7 Å². The third-order valence-corrected chi connectivity index (χ3v) is 3.34. The summed E-state index contributed by atoms with van der Waals surface area (Å²) >= 11 is 5.91. The summed E-state index contributed by atoms with van der Waals surface area (Å²) in [6.45, 7) is 0. The highest BCUT2D eigenvalue weighted by molar-refractivity contribution is 6.34. The number of hydrogen-bond donors (Lipinski definition) is 2. The van der Waals surface area contributed by atoms with Crippen molar-refractivity contribution in [3.05, 3.63) is 58.4 Å². The van der Waals surface area contributed by atoms with Crippen molar-refractivity contribution in [1.82, 2.24) is 10.3 Å². The first kappa shape index (κ1) is 13.3. The molecule has 0 fully saturated rings. The fourth-order valence-electron chi connectivity index (χ4n) is 1.99. The highest BCUT2D eigenvalue weighted by Crippen LogP contribution is 2.21. The first-order valence-electron chi connectivity index (χ1n) is 5.97. The van der Waals surface area contributed by atoms with Gasteiger partial charge in [0.15, 0.2) is 0 Å². The van der Waals surface area contributed by atoms with E-state index in [4.69, 9.17) is 11.6 Å². The lowest BCUT2D eigenvalue weighted by Crippen LogP contribution is -2.19. The van der Waals surface area contributed by atoms with Crippen LogP contribution in [0.15, 0.2) is 36.7 Å². The van der Waals surface area contributed by atoms with E-state index in [0.29, 0.717) is 5.69 Å². The van der Waals surface area contributed by atoms with Crippen LogP contribution in [0.1, 0.15) is 31.1 Å². The predicted octanol–water partition coefficient (Wildman–Crippen LogP) is 1.87. The maximum atomic E-state index is 12.1. The van der Waals surface area contributed by atoms with Crippen molar-refractivity contribution in [2.24, 2.45) is 0 Å². The third kappa shape index (κ3) is 2.36. The van der Waals surface area contributed by atoms with Crippen LogP contribution in [0.4, 0.5) is 5.69 Å². The average molecular weight is 302 g/mol. The van der Waals surface area contributed by atoms with E-state index in [2.05, 4.69) is 15.6 Å². The molecule has 2 heterocycles. The summed E-state index contributed by atoms with van der Waals surface area (Å²) in [6.07, 6.45) is 2.83. The Morgan fingerprint density at radius 2 is 1.90 bits per heavy atom. The van der Waals surface area contributed by atoms with Crippen LogP contribution >= 0.6 is 11.6 Å². The number of carbonyl (C=O) groups is 3. The van der Waals surface area contributed by atoms with Gasteiger partial charge in [0, 0.05) is 18.1 Å². The zero-order chi connectivity index (χ0) is 15.0. The van der Waals surface area contributed by atoms with Crippen molar-refractivity contribution in [3.8, 4) is 0 Å². The largest absolute Gasteiger partial charge is 0.322 e. The maximum Gasteiger partial charge on any atom is 0.259 e. The quantitative estimate of drug-likeness (QED) is 0.829. The molecule has 0 radical (unpaired) electrons. The number of nitrogens with one attached hydrogen (secondary N) is 2.